The predicted molar refractivity (Wildman–Crippen MR) is 102 cm³/mol. The van der Waals surface area contributed by atoms with Gasteiger partial charge in [-0.2, -0.15) is 0 Å². The van der Waals surface area contributed by atoms with E-state index < -0.39 is 18.7 Å². The number of likely N-dealkylation sites (tertiary alicyclic amines) is 1. The van der Waals surface area contributed by atoms with E-state index in [0.29, 0.717) is 18.8 Å². The molecule has 1 aromatic carbocycles. The number of amides is 1. The van der Waals surface area contributed by atoms with Gasteiger partial charge in [-0.05, 0) is 24.1 Å². The highest BCUT2D eigenvalue weighted by Crippen LogP contribution is 2.22. The van der Waals surface area contributed by atoms with Crippen LogP contribution < -0.4 is 5.32 Å². The van der Waals surface area contributed by atoms with Gasteiger partial charge in [0.15, 0.2) is 0 Å². The van der Waals surface area contributed by atoms with E-state index in [4.69, 9.17) is 14.6 Å². The maximum Gasteiger partial charge on any atom is 0.410 e. The largest absolute Gasteiger partial charge is 0.480 e. The Bertz CT molecular complexity index is 772. The Morgan fingerprint density at radius 2 is 1.96 bits per heavy atom. The number of anilines is 1. The summed E-state index contributed by atoms with van der Waals surface area (Å²) in [5.41, 5.74) is 0.900. The van der Waals surface area contributed by atoms with E-state index in [1.54, 1.807) is 11.1 Å². The molecule has 2 atom stereocenters. The fourth-order valence-electron chi connectivity index (χ4n) is 3.09. The van der Waals surface area contributed by atoms with E-state index in [-0.39, 0.29) is 25.3 Å². The fraction of sp³-hybridized carbons (Fsp3) is 0.350. The quantitative estimate of drug-likeness (QED) is 0.719. The number of aliphatic carboxylic acids is 1. The minimum atomic E-state index is -1.03. The molecule has 0 aliphatic carbocycles. The van der Waals surface area contributed by atoms with E-state index in [0.717, 1.165) is 5.56 Å². The number of rotatable bonds is 8. The Hall–Kier alpha value is -3.13. The standard InChI is InChI=1S/C20H23N3O5/c24-19(25)14-27-17-10-16(11-22-18-8-4-5-9-21-18)23(12-17)20(26)28-13-15-6-2-1-3-7-15/h1-9,16-17H,10-14H2,(H,21,22)(H,24,25)/t16?,17-/m1/s1. The SMILES string of the molecule is O=C(O)CO[C@@H]1CC(CNc2ccccn2)N(C(=O)OCc2ccccc2)C1. The lowest BCUT2D eigenvalue weighted by molar-refractivity contribution is -0.144. The average molecular weight is 385 g/mol. The molecular formula is C20H23N3O5. The van der Waals surface area contributed by atoms with Gasteiger partial charge in [-0.15, -0.1) is 0 Å². The number of hydrogen-bond donors (Lipinski definition) is 2. The molecule has 28 heavy (non-hydrogen) atoms. The van der Waals surface area contributed by atoms with Crippen LogP contribution in [0.1, 0.15) is 12.0 Å². The van der Waals surface area contributed by atoms with Crippen molar-refractivity contribution in [2.75, 3.05) is 25.0 Å². The van der Waals surface area contributed by atoms with Crippen molar-refractivity contribution in [2.24, 2.45) is 0 Å². The normalized spacial score (nSPS) is 18.6. The van der Waals surface area contributed by atoms with Crippen LogP contribution in [0.2, 0.25) is 0 Å². The maximum atomic E-state index is 12.6. The van der Waals surface area contributed by atoms with Crippen molar-refractivity contribution in [2.45, 2.75) is 25.2 Å². The van der Waals surface area contributed by atoms with Crippen molar-refractivity contribution in [3.63, 3.8) is 0 Å². The Kier molecular flexibility index (Phi) is 6.80. The number of carbonyl (C=O) groups is 2. The first kappa shape index (κ1) is 19.6. The second-order valence-corrected chi connectivity index (χ2v) is 6.50. The summed E-state index contributed by atoms with van der Waals surface area (Å²) in [6.45, 7) is 0.537. The van der Waals surface area contributed by atoms with E-state index in [9.17, 15) is 9.59 Å². The van der Waals surface area contributed by atoms with Gasteiger partial charge in [0.05, 0.1) is 18.7 Å². The van der Waals surface area contributed by atoms with Crippen molar-refractivity contribution in [1.29, 1.82) is 0 Å². The second kappa shape index (κ2) is 9.70. The van der Waals surface area contributed by atoms with E-state index in [2.05, 4.69) is 10.3 Å². The van der Waals surface area contributed by atoms with E-state index in [1.807, 2.05) is 48.5 Å². The van der Waals surface area contributed by atoms with Gasteiger partial charge < -0.3 is 24.8 Å². The van der Waals surface area contributed by atoms with Crippen LogP contribution in [-0.4, -0.2) is 58.9 Å². The van der Waals surface area contributed by atoms with Crippen molar-refractivity contribution >= 4 is 17.9 Å². The van der Waals surface area contributed by atoms with Crippen LogP contribution in [0.25, 0.3) is 0 Å². The molecule has 1 amide bonds. The number of pyridine rings is 1. The molecule has 2 aromatic rings. The predicted octanol–water partition coefficient (Wildman–Crippen LogP) is 2.37. The Labute approximate surface area is 163 Å². The summed E-state index contributed by atoms with van der Waals surface area (Å²) in [7, 11) is 0. The van der Waals surface area contributed by atoms with E-state index in [1.165, 1.54) is 0 Å². The van der Waals surface area contributed by atoms with Gasteiger partial charge in [-0.1, -0.05) is 36.4 Å². The minimum absolute atomic E-state index is 0.178. The average Bonchev–Trinajstić information content (AvgIpc) is 3.14. The lowest BCUT2D eigenvalue weighted by Crippen LogP contribution is -2.40. The summed E-state index contributed by atoms with van der Waals surface area (Å²) >= 11 is 0. The molecule has 3 rings (SSSR count). The topological polar surface area (TPSA) is 101 Å². The molecule has 1 aromatic heterocycles. The summed E-state index contributed by atoms with van der Waals surface area (Å²) < 4.78 is 10.8. The molecule has 0 spiro atoms. The summed E-state index contributed by atoms with van der Waals surface area (Å²) in [4.78, 5) is 29.2. The first-order chi connectivity index (χ1) is 13.6. The number of carbonyl (C=O) groups excluding carboxylic acids is 1. The van der Waals surface area contributed by atoms with Crippen molar-refractivity contribution in [3.05, 3.63) is 60.3 Å². The number of carboxylic acid groups (broad SMARTS) is 1. The van der Waals surface area contributed by atoms with Crippen LogP contribution in [-0.2, 0) is 20.9 Å². The third kappa shape index (κ3) is 5.68. The molecule has 0 saturated carbocycles. The molecule has 148 valence electrons. The third-order valence-electron chi connectivity index (χ3n) is 4.44. The van der Waals surface area contributed by atoms with Gasteiger partial charge in [-0.3, -0.25) is 0 Å². The zero-order valence-electron chi connectivity index (χ0n) is 15.4. The van der Waals surface area contributed by atoms with Gasteiger partial charge >= 0.3 is 12.1 Å². The number of carboxylic acids is 1. The lowest BCUT2D eigenvalue weighted by Gasteiger charge is -2.24. The van der Waals surface area contributed by atoms with Gasteiger partial charge in [0.25, 0.3) is 0 Å². The lowest BCUT2D eigenvalue weighted by atomic mass is 10.2. The summed E-state index contributed by atoms with van der Waals surface area (Å²) in [6.07, 6.45) is 1.41. The molecule has 1 aliphatic heterocycles. The molecular weight excluding hydrogens is 362 g/mol. The molecule has 8 nitrogen and oxygen atoms in total. The van der Waals surface area contributed by atoms with Crippen molar-refractivity contribution in [1.82, 2.24) is 9.88 Å². The number of aromatic nitrogens is 1. The van der Waals surface area contributed by atoms with Crippen LogP contribution in [0.4, 0.5) is 10.6 Å². The van der Waals surface area contributed by atoms with Gasteiger partial charge in [0, 0.05) is 12.7 Å². The Balaban J connectivity index is 1.59. The molecule has 1 aliphatic rings. The number of hydrogen-bond acceptors (Lipinski definition) is 6. The maximum absolute atomic E-state index is 12.6. The first-order valence-corrected chi connectivity index (χ1v) is 9.07. The van der Waals surface area contributed by atoms with Gasteiger partial charge in [0.1, 0.15) is 19.0 Å². The molecule has 1 fully saturated rings. The summed E-state index contributed by atoms with van der Waals surface area (Å²) in [5.74, 6) is -0.330. The minimum Gasteiger partial charge on any atom is -0.480 e. The van der Waals surface area contributed by atoms with Gasteiger partial charge in [0.2, 0.25) is 0 Å². The van der Waals surface area contributed by atoms with Crippen molar-refractivity contribution in [3.8, 4) is 0 Å². The molecule has 1 saturated heterocycles. The molecule has 1 unspecified atom stereocenters. The molecule has 0 radical (unpaired) electrons. The number of ether oxygens (including phenoxy) is 2. The highest BCUT2D eigenvalue weighted by Gasteiger charge is 2.37. The molecule has 8 heteroatoms. The van der Waals surface area contributed by atoms with Crippen LogP contribution in [0.15, 0.2) is 54.7 Å². The monoisotopic (exact) mass is 385 g/mol. The second-order valence-electron chi connectivity index (χ2n) is 6.50. The zero-order valence-corrected chi connectivity index (χ0v) is 15.4. The summed E-state index contributed by atoms with van der Waals surface area (Å²) in [6, 6.07) is 14.8. The van der Waals surface area contributed by atoms with Crippen LogP contribution in [0, 0.1) is 0 Å². The van der Waals surface area contributed by atoms with Crippen LogP contribution in [0.5, 0.6) is 0 Å². The zero-order chi connectivity index (χ0) is 19.8. The highest BCUT2D eigenvalue weighted by molar-refractivity contribution is 5.69. The summed E-state index contributed by atoms with van der Waals surface area (Å²) in [5, 5.41) is 12.0. The number of nitrogens with zero attached hydrogens (tertiary/aromatic N) is 2. The van der Waals surface area contributed by atoms with E-state index >= 15 is 0 Å². The first-order valence-electron chi connectivity index (χ1n) is 9.07. The van der Waals surface area contributed by atoms with Crippen LogP contribution >= 0.6 is 0 Å². The Morgan fingerprint density at radius 3 is 2.68 bits per heavy atom. The van der Waals surface area contributed by atoms with Gasteiger partial charge in [-0.25, -0.2) is 14.6 Å². The van der Waals surface area contributed by atoms with Crippen molar-refractivity contribution < 1.29 is 24.2 Å². The van der Waals surface area contributed by atoms with Crippen LogP contribution in [0.3, 0.4) is 0 Å². The number of benzene rings is 1. The molecule has 2 heterocycles. The fourth-order valence-corrected chi connectivity index (χ4v) is 3.09. The highest BCUT2D eigenvalue weighted by atomic mass is 16.6. The number of nitrogens with one attached hydrogen (secondary N) is 1. The third-order valence-corrected chi connectivity index (χ3v) is 4.44. The molecule has 0 bridgehead atoms. The molecule has 2 N–H and O–H groups in total. The smallest absolute Gasteiger partial charge is 0.410 e. The Morgan fingerprint density at radius 1 is 1.18 bits per heavy atom.